The molecule has 0 fully saturated rings. The maximum absolute atomic E-state index is 8.95. The molecule has 1 aromatic rings. The number of aryl methyl sites for hydroxylation is 2. The van der Waals surface area contributed by atoms with Crippen LogP contribution in [0.3, 0.4) is 0 Å². The van der Waals surface area contributed by atoms with Crippen molar-refractivity contribution in [2.45, 2.75) is 25.9 Å². The van der Waals surface area contributed by atoms with Gasteiger partial charge < -0.3 is 15.5 Å². The summed E-state index contributed by atoms with van der Waals surface area (Å²) in [6, 6.07) is -0.206. The van der Waals surface area contributed by atoms with E-state index in [0.29, 0.717) is 0 Å². The minimum absolute atomic E-state index is 0.0693. The standard InChI is InChI=1S/C10H19N3O2/c1-7(11-9(5-14)6-15)10-4-13(3)12-8(10)2/h4,7,9,11,14-15H,5-6H2,1-3H3. The fourth-order valence-corrected chi connectivity index (χ4v) is 1.65. The SMILES string of the molecule is Cc1nn(C)cc1C(C)NC(CO)CO. The van der Waals surface area contributed by atoms with Crippen molar-refractivity contribution in [3.05, 3.63) is 17.5 Å². The zero-order valence-electron chi connectivity index (χ0n) is 9.44. The van der Waals surface area contributed by atoms with Crippen molar-refractivity contribution in [3.63, 3.8) is 0 Å². The predicted molar refractivity (Wildman–Crippen MR) is 57.5 cm³/mol. The molecule has 0 amide bonds. The molecule has 5 nitrogen and oxygen atoms in total. The third kappa shape index (κ3) is 3.02. The van der Waals surface area contributed by atoms with E-state index < -0.39 is 0 Å². The summed E-state index contributed by atoms with van der Waals surface area (Å²) < 4.78 is 1.76. The van der Waals surface area contributed by atoms with Gasteiger partial charge in [0.1, 0.15) is 0 Å². The van der Waals surface area contributed by atoms with E-state index >= 15 is 0 Å². The van der Waals surface area contributed by atoms with Crippen molar-refractivity contribution < 1.29 is 10.2 Å². The van der Waals surface area contributed by atoms with Gasteiger partial charge in [-0.05, 0) is 13.8 Å². The summed E-state index contributed by atoms with van der Waals surface area (Å²) in [6.45, 7) is 3.79. The number of aliphatic hydroxyl groups is 2. The maximum atomic E-state index is 8.95. The third-order valence-electron chi connectivity index (χ3n) is 2.44. The van der Waals surface area contributed by atoms with Crippen molar-refractivity contribution in [2.24, 2.45) is 7.05 Å². The molecule has 1 heterocycles. The summed E-state index contributed by atoms with van der Waals surface area (Å²) >= 11 is 0. The number of nitrogens with one attached hydrogen (secondary N) is 1. The van der Waals surface area contributed by atoms with Crippen LogP contribution in [0.2, 0.25) is 0 Å². The van der Waals surface area contributed by atoms with E-state index in [1.54, 1.807) is 4.68 Å². The first kappa shape index (κ1) is 12.2. The van der Waals surface area contributed by atoms with E-state index in [1.807, 2.05) is 27.1 Å². The summed E-state index contributed by atoms with van der Waals surface area (Å²) in [5, 5.41) is 25.3. The Morgan fingerprint density at radius 1 is 1.47 bits per heavy atom. The van der Waals surface area contributed by atoms with Crippen LogP contribution >= 0.6 is 0 Å². The molecule has 0 aromatic carbocycles. The van der Waals surface area contributed by atoms with Gasteiger partial charge in [-0.3, -0.25) is 4.68 Å². The molecular formula is C10H19N3O2. The molecule has 15 heavy (non-hydrogen) atoms. The van der Waals surface area contributed by atoms with Gasteiger partial charge in [-0.2, -0.15) is 5.10 Å². The van der Waals surface area contributed by atoms with E-state index in [9.17, 15) is 0 Å². The quantitative estimate of drug-likeness (QED) is 0.630. The van der Waals surface area contributed by atoms with E-state index in [1.165, 1.54) is 0 Å². The van der Waals surface area contributed by atoms with Gasteiger partial charge in [-0.1, -0.05) is 0 Å². The normalized spacial score (nSPS) is 13.5. The van der Waals surface area contributed by atoms with Crippen LogP contribution in [0.25, 0.3) is 0 Å². The largest absolute Gasteiger partial charge is 0.395 e. The molecule has 0 saturated heterocycles. The van der Waals surface area contributed by atoms with Gasteiger partial charge in [0.05, 0.1) is 24.9 Å². The average molecular weight is 213 g/mol. The summed E-state index contributed by atoms with van der Waals surface area (Å²) in [5.41, 5.74) is 2.05. The second kappa shape index (κ2) is 5.25. The molecule has 0 aliphatic rings. The number of rotatable bonds is 5. The Balaban J connectivity index is 2.67. The first-order valence-electron chi connectivity index (χ1n) is 5.06. The lowest BCUT2D eigenvalue weighted by Crippen LogP contribution is -2.37. The summed E-state index contributed by atoms with van der Waals surface area (Å²) in [4.78, 5) is 0. The highest BCUT2D eigenvalue weighted by atomic mass is 16.3. The number of hydrogen-bond donors (Lipinski definition) is 3. The van der Waals surface area contributed by atoms with Crippen molar-refractivity contribution >= 4 is 0 Å². The van der Waals surface area contributed by atoms with E-state index in [0.717, 1.165) is 11.3 Å². The van der Waals surface area contributed by atoms with Crippen molar-refractivity contribution in [1.29, 1.82) is 0 Å². The van der Waals surface area contributed by atoms with Crippen LogP contribution in [0.1, 0.15) is 24.2 Å². The summed E-state index contributed by atoms with van der Waals surface area (Å²) in [7, 11) is 1.87. The Morgan fingerprint density at radius 2 is 2.07 bits per heavy atom. The molecular weight excluding hydrogens is 194 g/mol. The lowest BCUT2D eigenvalue weighted by Gasteiger charge is -2.19. The fraction of sp³-hybridized carbons (Fsp3) is 0.700. The molecule has 86 valence electrons. The highest BCUT2D eigenvalue weighted by molar-refractivity contribution is 5.19. The number of aromatic nitrogens is 2. The molecule has 1 atom stereocenters. The zero-order chi connectivity index (χ0) is 11.4. The molecule has 1 rings (SSSR count). The molecule has 0 aliphatic carbocycles. The van der Waals surface area contributed by atoms with Gasteiger partial charge in [0.25, 0.3) is 0 Å². The minimum Gasteiger partial charge on any atom is -0.395 e. The number of nitrogens with zero attached hydrogens (tertiary/aromatic N) is 2. The molecule has 0 aliphatic heterocycles. The van der Waals surface area contributed by atoms with Crippen LogP contribution in [-0.2, 0) is 7.05 Å². The molecule has 1 aromatic heterocycles. The highest BCUT2D eigenvalue weighted by Gasteiger charge is 2.15. The predicted octanol–water partition coefficient (Wildman–Crippen LogP) is -0.268. The molecule has 1 unspecified atom stereocenters. The highest BCUT2D eigenvalue weighted by Crippen LogP contribution is 2.15. The topological polar surface area (TPSA) is 70.3 Å². The van der Waals surface area contributed by atoms with Crippen LogP contribution in [0.4, 0.5) is 0 Å². The molecule has 0 saturated carbocycles. The third-order valence-corrected chi connectivity index (χ3v) is 2.44. The molecule has 0 bridgehead atoms. The molecule has 0 spiro atoms. The molecule has 5 heteroatoms. The number of aliphatic hydroxyl groups excluding tert-OH is 2. The molecule has 3 N–H and O–H groups in total. The monoisotopic (exact) mass is 213 g/mol. The minimum atomic E-state index is -0.278. The Bertz CT molecular complexity index is 308. The molecule has 0 radical (unpaired) electrons. The Morgan fingerprint density at radius 3 is 2.47 bits per heavy atom. The van der Waals surface area contributed by atoms with Crippen LogP contribution < -0.4 is 5.32 Å². The van der Waals surface area contributed by atoms with Crippen LogP contribution in [-0.4, -0.2) is 39.2 Å². The van der Waals surface area contributed by atoms with Crippen LogP contribution in [0, 0.1) is 6.92 Å². The van der Waals surface area contributed by atoms with Gasteiger partial charge in [-0.25, -0.2) is 0 Å². The Hall–Kier alpha value is -0.910. The average Bonchev–Trinajstić information content (AvgIpc) is 2.54. The summed E-state index contributed by atoms with van der Waals surface area (Å²) in [5.74, 6) is 0. The van der Waals surface area contributed by atoms with Gasteiger partial charge in [0.2, 0.25) is 0 Å². The first-order chi connectivity index (χ1) is 7.08. The second-order valence-corrected chi connectivity index (χ2v) is 3.79. The second-order valence-electron chi connectivity index (χ2n) is 3.79. The smallest absolute Gasteiger partial charge is 0.0641 e. The first-order valence-corrected chi connectivity index (χ1v) is 5.06. The van der Waals surface area contributed by atoms with Gasteiger partial charge in [0.15, 0.2) is 0 Å². The maximum Gasteiger partial charge on any atom is 0.0641 e. The lowest BCUT2D eigenvalue weighted by molar-refractivity contribution is 0.163. The van der Waals surface area contributed by atoms with E-state index in [2.05, 4.69) is 10.4 Å². The van der Waals surface area contributed by atoms with Crippen molar-refractivity contribution in [1.82, 2.24) is 15.1 Å². The Labute approximate surface area is 89.7 Å². The van der Waals surface area contributed by atoms with Gasteiger partial charge in [-0.15, -0.1) is 0 Å². The van der Waals surface area contributed by atoms with Crippen LogP contribution in [0.5, 0.6) is 0 Å². The zero-order valence-corrected chi connectivity index (χ0v) is 9.44. The lowest BCUT2D eigenvalue weighted by atomic mass is 10.1. The summed E-state index contributed by atoms with van der Waals surface area (Å²) in [6.07, 6.45) is 1.94. The number of hydrogen-bond acceptors (Lipinski definition) is 4. The van der Waals surface area contributed by atoms with Crippen LogP contribution in [0.15, 0.2) is 6.20 Å². The van der Waals surface area contributed by atoms with Gasteiger partial charge >= 0.3 is 0 Å². The van der Waals surface area contributed by atoms with Gasteiger partial charge in [0, 0.05) is 24.8 Å². The fourth-order valence-electron chi connectivity index (χ4n) is 1.65. The van der Waals surface area contributed by atoms with Crippen molar-refractivity contribution in [2.75, 3.05) is 13.2 Å². The van der Waals surface area contributed by atoms with Crippen molar-refractivity contribution in [3.8, 4) is 0 Å². The Kier molecular flexibility index (Phi) is 4.26. The van der Waals surface area contributed by atoms with E-state index in [4.69, 9.17) is 10.2 Å². The van der Waals surface area contributed by atoms with E-state index in [-0.39, 0.29) is 25.3 Å².